The van der Waals surface area contributed by atoms with Crippen molar-refractivity contribution in [1.29, 1.82) is 0 Å². The van der Waals surface area contributed by atoms with Gasteiger partial charge in [-0.2, -0.15) is 0 Å². The maximum absolute atomic E-state index is 5.79. The van der Waals surface area contributed by atoms with Gasteiger partial charge in [0.2, 0.25) is 0 Å². The lowest BCUT2D eigenvalue weighted by Gasteiger charge is -2.37. The molecule has 2 heterocycles. The predicted octanol–water partition coefficient (Wildman–Crippen LogP) is 2.66. The van der Waals surface area contributed by atoms with E-state index in [0.717, 1.165) is 19.6 Å². The number of ether oxygens (including phenoxy) is 1. The lowest BCUT2D eigenvalue weighted by atomic mass is 10.0. The average Bonchev–Trinajstić information content (AvgIpc) is 2.37. The maximum atomic E-state index is 5.79. The second-order valence-electron chi connectivity index (χ2n) is 5.53. The zero-order valence-corrected chi connectivity index (χ0v) is 11.3. The standard InChI is InChI=1S/C15H22N2O/c1-11-9-17(10-12(2)18-11)14-6-5-13-4-3-7-16-15(13)8-14/h5-6,8,11-12,16H,3-4,7,9-10H2,1-2H3. The van der Waals surface area contributed by atoms with Crippen molar-refractivity contribution in [3.63, 3.8) is 0 Å². The van der Waals surface area contributed by atoms with Crippen LogP contribution in [0.3, 0.4) is 0 Å². The fourth-order valence-corrected chi connectivity index (χ4v) is 3.03. The highest BCUT2D eigenvalue weighted by molar-refractivity contribution is 5.63. The van der Waals surface area contributed by atoms with Gasteiger partial charge in [-0.3, -0.25) is 0 Å². The molecular weight excluding hydrogens is 224 g/mol. The molecule has 1 aromatic carbocycles. The molecule has 2 unspecified atom stereocenters. The monoisotopic (exact) mass is 246 g/mol. The Morgan fingerprint density at radius 3 is 2.78 bits per heavy atom. The summed E-state index contributed by atoms with van der Waals surface area (Å²) >= 11 is 0. The summed E-state index contributed by atoms with van der Waals surface area (Å²) < 4.78 is 5.79. The highest BCUT2D eigenvalue weighted by Gasteiger charge is 2.23. The van der Waals surface area contributed by atoms with Crippen molar-refractivity contribution in [2.24, 2.45) is 0 Å². The van der Waals surface area contributed by atoms with E-state index in [9.17, 15) is 0 Å². The van der Waals surface area contributed by atoms with Gasteiger partial charge in [0, 0.05) is 31.0 Å². The number of anilines is 2. The third-order valence-electron chi connectivity index (χ3n) is 3.82. The summed E-state index contributed by atoms with van der Waals surface area (Å²) in [5.41, 5.74) is 4.11. The zero-order valence-electron chi connectivity index (χ0n) is 11.3. The predicted molar refractivity (Wildman–Crippen MR) is 75.5 cm³/mol. The molecule has 0 spiro atoms. The Labute approximate surface area is 109 Å². The van der Waals surface area contributed by atoms with Crippen molar-refractivity contribution in [3.05, 3.63) is 23.8 Å². The Bertz CT molecular complexity index is 423. The quantitative estimate of drug-likeness (QED) is 0.824. The molecule has 1 saturated heterocycles. The minimum atomic E-state index is 0.317. The summed E-state index contributed by atoms with van der Waals surface area (Å²) in [5.74, 6) is 0. The Morgan fingerprint density at radius 1 is 1.22 bits per heavy atom. The largest absolute Gasteiger partial charge is 0.385 e. The second-order valence-corrected chi connectivity index (χ2v) is 5.53. The normalized spacial score (nSPS) is 27.6. The first kappa shape index (κ1) is 11.8. The average molecular weight is 246 g/mol. The van der Waals surface area contributed by atoms with E-state index in [0.29, 0.717) is 12.2 Å². The molecule has 1 N–H and O–H groups in total. The van der Waals surface area contributed by atoms with Crippen molar-refractivity contribution in [2.75, 3.05) is 29.9 Å². The number of rotatable bonds is 1. The molecule has 98 valence electrons. The third kappa shape index (κ3) is 2.32. The van der Waals surface area contributed by atoms with Gasteiger partial charge >= 0.3 is 0 Å². The minimum absolute atomic E-state index is 0.317. The van der Waals surface area contributed by atoms with Crippen molar-refractivity contribution in [1.82, 2.24) is 0 Å². The maximum Gasteiger partial charge on any atom is 0.0726 e. The molecule has 0 aromatic heterocycles. The number of hydrogen-bond donors (Lipinski definition) is 1. The highest BCUT2D eigenvalue weighted by atomic mass is 16.5. The first-order valence-corrected chi connectivity index (χ1v) is 6.99. The van der Waals surface area contributed by atoms with Gasteiger partial charge in [-0.1, -0.05) is 6.07 Å². The SMILES string of the molecule is CC1CN(c2ccc3c(c2)NCCC3)CC(C)O1. The van der Waals surface area contributed by atoms with Crippen molar-refractivity contribution >= 4 is 11.4 Å². The van der Waals surface area contributed by atoms with Crippen LogP contribution in [-0.4, -0.2) is 31.8 Å². The Morgan fingerprint density at radius 2 is 2.00 bits per heavy atom. The molecule has 1 aromatic rings. The van der Waals surface area contributed by atoms with Gasteiger partial charge in [0.05, 0.1) is 12.2 Å². The lowest BCUT2D eigenvalue weighted by molar-refractivity contribution is -0.00521. The van der Waals surface area contributed by atoms with Crippen molar-refractivity contribution in [2.45, 2.75) is 38.9 Å². The number of morpholine rings is 1. The third-order valence-corrected chi connectivity index (χ3v) is 3.82. The van der Waals surface area contributed by atoms with E-state index >= 15 is 0 Å². The van der Waals surface area contributed by atoms with Crippen LogP contribution in [0.1, 0.15) is 25.8 Å². The van der Waals surface area contributed by atoms with Crippen LogP contribution in [0.2, 0.25) is 0 Å². The van der Waals surface area contributed by atoms with Crippen LogP contribution in [0.15, 0.2) is 18.2 Å². The number of fused-ring (bicyclic) bond motifs is 1. The summed E-state index contributed by atoms with van der Waals surface area (Å²) in [6.07, 6.45) is 3.09. The summed E-state index contributed by atoms with van der Waals surface area (Å²) in [4.78, 5) is 2.44. The summed E-state index contributed by atoms with van der Waals surface area (Å²) in [7, 11) is 0. The fraction of sp³-hybridized carbons (Fsp3) is 0.600. The van der Waals surface area contributed by atoms with Crippen LogP contribution in [0.5, 0.6) is 0 Å². The number of hydrogen-bond acceptors (Lipinski definition) is 3. The van der Waals surface area contributed by atoms with Crippen molar-refractivity contribution in [3.8, 4) is 0 Å². The van der Waals surface area contributed by atoms with Gasteiger partial charge in [0.1, 0.15) is 0 Å². The molecule has 0 saturated carbocycles. The molecular formula is C15H22N2O. The number of aryl methyl sites for hydroxylation is 1. The summed E-state index contributed by atoms with van der Waals surface area (Å²) in [5, 5.41) is 3.51. The Kier molecular flexibility index (Phi) is 3.16. The van der Waals surface area contributed by atoms with Gasteiger partial charge < -0.3 is 15.0 Å². The number of benzene rings is 1. The van der Waals surface area contributed by atoms with E-state index in [2.05, 4.69) is 42.3 Å². The zero-order chi connectivity index (χ0) is 12.5. The lowest BCUT2D eigenvalue weighted by Crippen LogP contribution is -2.45. The highest BCUT2D eigenvalue weighted by Crippen LogP contribution is 2.29. The van der Waals surface area contributed by atoms with Crippen LogP contribution in [0, 0.1) is 0 Å². The van der Waals surface area contributed by atoms with Crippen LogP contribution in [0.25, 0.3) is 0 Å². The summed E-state index contributed by atoms with van der Waals surface area (Å²) in [6, 6.07) is 6.84. The van der Waals surface area contributed by atoms with Crippen LogP contribution >= 0.6 is 0 Å². The molecule has 2 aliphatic heterocycles. The van der Waals surface area contributed by atoms with Crippen LogP contribution in [0.4, 0.5) is 11.4 Å². The first-order chi connectivity index (χ1) is 8.72. The van der Waals surface area contributed by atoms with Gasteiger partial charge in [-0.25, -0.2) is 0 Å². The smallest absolute Gasteiger partial charge is 0.0726 e. The van der Waals surface area contributed by atoms with E-state index in [4.69, 9.17) is 4.74 Å². The van der Waals surface area contributed by atoms with Crippen LogP contribution in [-0.2, 0) is 11.2 Å². The molecule has 18 heavy (non-hydrogen) atoms. The number of nitrogens with zero attached hydrogens (tertiary/aromatic N) is 1. The molecule has 0 aliphatic carbocycles. The van der Waals surface area contributed by atoms with E-state index in [-0.39, 0.29) is 0 Å². The van der Waals surface area contributed by atoms with Crippen molar-refractivity contribution < 1.29 is 4.74 Å². The fourth-order valence-electron chi connectivity index (χ4n) is 3.03. The molecule has 0 bridgehead atoms. The molecule has 3 heteroatoms. The topological polar surface area (TPSA) is 24.5 Å². The van der Waals surface area contributed by atoms with Gasteiger partial charge in [-0.05, 0) is 44.4 Å². The van der Waals surface area contributed by atoms with E-state index < -0.39 is 0 Å². The Hall–Kier alpha value is -1.22. The first-order valence-electron chi connectivity index (χ1n) is 6.99. The van der Waals surface area contributed by atoms with E-state index in [1.807, 2.05) is 0 Å². The molecule has 2 atom stereocenters. The van der Waals surface area contributed by atoms with Gasteiger partial charge in [0.15, 0.2) is 0 Å². The number of nitrogens with one attached hydrogen (secondary N) is 1. The molecule has 1 fully saturated rings. The molecule has 0 amide bonds. The molecule has 0 radical (unpaired) electrons. The second kappa shape index (κ2) is 4.81. The summed E-state index contributed by atoms with van der Waals surface area (Å²) in [6.45, 7) is 7.39. The Balaban J connectivity index is 1.83. The minimum Gasteiger partial charge on any atom is -0.385 e. The molecule has 3 nitrogen and oxygen atoms in total. The molecule has 3 rings (SSSR count). The van der Waals surface area contributed by atoms with Crippen LogP contribution < -0.4 is 10.2 Å². The van der Waals surface area contributed by atoms with Gasteiger partial charge in [0.25, 0.3) is 0 Å². The molecule has 2 aliphatic rings. The van der Waals surface area contributed by atoms with Gasteiger partial charge in [-0.15, -0.1) is 0 Å². The van der Waals surface area contributed by atoms with E-state index in [1.54, 1.807) is 0 Å². The van der Waals surface area contributed by atoms with E-state index in [1.165, 1.54) is 29.8 Å².